The van der Waals surface area contributed by atoms with Gasteiger partial charge in [-0.05, 0) is 36.4 Å². The van der Waals surface area contributed by atoms with E-state index in [4.69, 9.17) is 0 Å². The molecule has 0 unspecified atom stereocenters. The van der Waals surface area contributed by atoms with Gasteiger partial charge in [0, 0.05) is 22.8 Å². The van der Waals surface area contributed by atoms with E-state index in [2.05, 4.69) is 31.7 Å². The summed E-state index contributed by atoms with van der Waals surface area (Å²) < 4.78 is 25.4. The predicted octanol–water partition coefficient (Wildman–Crippen LogP) is 3.38. The Hall–Kier alpha value is -1.31. The maximum absolute atomic E-state index is 12.4. The van der Waals surface area contributed by atoms with Gasteiger partial charge in [-0.15, -0.1) is 32.9 Å². The van der Waals surface area contributed by atoms with Crippen LogP contribution in [0.2, 0.25) is 0 Å². The van der Waals surface area contributed by atoms with E-state index in [9.17, 15) is 13.2 Å². The molecular weight excluding hydrogens is 469 g/mol. The minimum atomic E-state index is -3.19. The Balaban J connectivity index is 1.40. The summed E-state index contributed by atoms with van der Waals surface area (Å²) in [5.74, 6) is 0.329. The molecule has 0 saturated heterocycles. The minimum Gasteiger partial charge on any atom is -0.360 e. The Labute approximate surface area is 186 Å². The molecule has 0 amide bonds. The van der Waals surface area contributed by atoms with Gasteiger partial charge >= 0.3 is 0 Å². The number of nitrogens with one attached hydrogen (secondary N) is 2. The lowest BCUT2D eigenvalue weighted by Gasteiger charge is -1.99. The second-order valence-corrected chi connectivity index (χ2v) is 12.3. The lowest BCUT2D eigenvalue weighted by molar-refractivity contribution is 0.102. The summed E-state index contributed by atoms with van der Waals surface area (Å²) in [6.45, 7) is 1.12. The first-order chi connectivity index (χ1) is 13.9. The number of nitrogens with zero attached hydrogens (tertiary/aromatic N) is 2. The molecule has 0 radical (unpaired) electrons. The van der Waals surface area contributed by atoms with E-state index in [1.165, 1.54) is 39.3 Å². The molecule has 2 N–H and O–H groups in total. The number of ketones is 1. The van der Waals surface area contributed by atoms with Crippen LogP contribution in [0.25, 0.3) is 0 Å². The lowest BCUT2D eigenvalue weighted by atomic mass is 10.3. The van der Waals surface area contributed by atoms with Crippen LogP contribution in [0.15, 0.2) is 34.0 Å². The Morgan fingerprint density at radius 1 is 1.10 bits per heavy atom. The third kappa shape index (κ3) is 7.79. The van der Waals surface area contributed by atoms with Crippen molar-refractivity contribution in [2.45, 2.75) is 17.2 Å². The number of anilines is 1. The molecule has 7 nitrogen and oxygen atoms in total. The van der Waals surface area contributed by atoms with Crippen molar-refractivity contribution in [3.05, 3.63) is 44.3 Å². The fourth-order valence-electron chi connectivity index (χ4n) is 2.31. The van der Waals surface area contributed by atoms with E-state index in [0.717, 1.165) is 33.6 Å². The van der Waals surface area contributed by atoms with Crippen molar-refractivity contribution in [3.63, 3.8) is 0 Å². The van der Waals surface area contributed by atoms with Gasteiger partial charge in [0.05, 0.1) is 16.9 Å². The van der Waals surface area contributed by atoms with Crippen LogP contribution in [0.5, 0.6) is 0 Å². The molecule has 0 spiro atoms. The molecule has 3 aromatic rings. The molecule has 156 valence electrons. The van der Waals surface area contributed by atoms with Crippen molar-refractivity contribution in [3.8, 4) is 0 Å². The first-order valence-electron chi connectivity index (χ1n) is 8.68. The molecule has 0 bridgehead atoms. The number of carbonyl (C=O) groups is 1. The number of rotatable bonds is 12. The molecule has 29 heavy (non-hydrogen) atoms. The number of thiophene rings is 2. The van der Waals surface area contributed by atoms with Gasteiger partial charge in [-0.2, -0.15) is 0 Å². The first kappa shape index (κ1) is 22.4. The average Bonchev–Trinajstić information content (AvgIpc) is 3.41. The van der Waals surface area contributed by atoms with Gasteiger partial charge in [-0.3, -0.25) is 4.79 Å². The van der Waals surface area contributed by atoms with Crippen molar-refractivity contribution in [1.29, 1.82) is 0 Å². The summed E-state index contributed by atoms with van der Waals surface area (Å²) in [5.41, 5.74) is 0. The van der Waals surface area contributed by atoms with Crippen molar-refractivity contribution < 1.29 is 13.2 Å². The number of aromatic nitrogens is 2. The molecule has 0 atom stereocenters. The van der Waals surface area contributed by atoms with Crippen LogP contribution < -0.4 is 10.0 Å². The van der Waals surface area contributed by atoms with Crippen LogP contribution in [0, 0.1) is 0 Å². The number of thioether (sulfide) groups is 1. The molecule has 0 aromatic carbocycles. The van der Waals surface area contributed by atoms with Gasteiger partial charge in [0.25, 0.3) is 0 Å². The molecule has 0 aliphatic carbocycles. The Morgan fingerprint density at radius 3 is 2.69 bits per heavy atom. The Morgan fingerprint density at radius 2 is 1.93 bits per heavy atom. The molecule has 12 heteroatoms. The number of Topliss-reactive ketones (excluding diaryl/α,β-unsaturated/α-hetero) is 1. The monoisotopic (exact) mass is 488 g/mol. The SMILES string of the molecule is CS(=O)(=O)NCCc1ccc(C(=O)CSc2nnc(NCCc3cccs3)s2)s1. The van der Waals surface area contributed by atoms with Gasteiger partial charge in [0.1, 0.15) is 0 Å². The van der Waals surface area contributed by atoms with E-state index in [0.29, 0.717) is 23.6 Å². The van der Waals surface area contributed by atoms with E-state index in [1.54, 1.807) is 17.4 Å². The van der Waals surface area contributed by atoms with Gasteiger partial charge in [-0.1, -0.05) is 29.2 Å². The second-order valence-electron chi connectivity index (χ2n) is 6.02. The van der Waals surface area contributed by atoms with E-state index >= 15 is 0 Å². The van der Waals surface area contributed by atoms with Crippen molar-refractivity contribution >= 4 is 66.7 Å². The van der Waals surface area contributed by atoms with Crippen molar-refractivity contribution in [2.75, 3.05) is 30.4 Å². The molecule has 0 aliphatic heterocycles. The summed E-state index contributed by atoms with van der Waals surface area (Å²) in [7, 11) is -3.19. The Kier molecular flexibility index (Phi) is 8.21. The highest BCUT2D eigenvalue weighted by molar-refractivity contribution is 8.01. The van der Waals surface area contributed by atoms with E-state index < -0.39 is 10.0 Å². The van der Waals surface area contributed by atoms with Crippen LogP contribution in [-0.2, 0) is 22.9 Å². The number of carbonyl (C=O) groups excluding carboxylic acids is 1. The van der Waals surface area contributed by atoms with Crippen molar-refractivity contribution in [1.82, 2.24) is 14.9 Å². The highest BCUT2D eigenvalue weighted by Gasteiger charge is 2.13. The molecular formula is C17H20N4O3S5. The summed E-state index contributed by atoms with van der Waals surface area (Å²) >= 11 is 5.96. The zero-order valence-electron chi connectivity index (χ0n) is 15.6. The maximum Gasteiger partial charge on any atom is 0.208 e. The van der Waals surface area contributed by atoms with Crippen molar-refractivity contribution in [2.24, 2.45) is 0 Å². The van der Waals surface area contributed by atoms with Crippen LogP contribution in [0.4, 0.5) is 5.13 Å². The second kappa shape index (κ2) is 10.6. The topological polar surface area (TPSA) is 101 Å². The van der Waals surface area contributed by atoms with E-state index in [-0.39, 0.29) is 5.78 Å². The first-order valence-corrected chi connectivity index (χ1v) is 14.1. The van der Waals surface area contributed by atoms with Gasteiger partial charge in [0.15, 0.2) is 10.1 Å². The predicted molar refractivity (Wildman–Crippen MR) is 122 cm³/mol. The summed E-state index contributed by atoms with van der Waals surface area (Å²) in [4.78, 5) is 15.4. The van der Waals surface area contributed by atoms with Crippen LogP contribution in [0.3, 0.4) is 0 Å². The lowest BCUT2D eigenvalue weighted by Crippen LogP contribution is -2.23. The summed E-state index contributed by atoms with van der Waals surface area (Å²) in [6, 6.07) is 7.81. The number of hydrogen-bond donors (Lipinski definition) is 2. The molecule has 0 fully saturated rings. The van der Waals surface area contributed by atoms with Crippen LogP contribution in [0.1, 0.15) is 19.4 Å². The maximum atomic E-state index is 12.4. The summed E-state index contributed by atoms with van der Waals surface area (Å²) in [5, 5.41) is 14.3. The average molecular weight is 489 g/mol. The van der Waals surface area contributed by atoms with E-state index in [1.807, 2.05) is 12.1 Å². The molecule has 0 aliphatic rings. The smallest absolute Gasteiger partial charge is 0.208 e. The normalized spacial score (nSPS) is 11.6. The van der Waals surface area contributed by atoms with Gasteiger partial charge < -0.3 is 5.32 Å². The molecule has 0 saturated carbocycles. The fraction of sp³-hybridized carbons (Fsp3) is 0.353. The Bertz CT molecular complexity index is 1030. The van der Waals surface area contributed by atoms with Gasteiger partial charge in [-0.25, -0.2) is 13.1 Å². The number of sulfonamides is 1. The molecule has 3 heterocycles. The third-order valence-electron chi connectivity index (χ3n) is 3.63. The quantitative estimate of drug-likeness (QED) is 0.298. The highest BCUT2D eigenvalue weighted by Crippen LogP contribution is 2.27. The number of hydrogen-bond acceptors (Lipinski definition) is 10. The molecule has 3 rings (SSSR count). The van der Waals surface area contributed by atoms with Crippen LogP contribution in [-0.4, -0.2) is 49.5 Å². The third-order valence-corrected chi connectivity index (χ3v) is 8.50. The largest absolute Gasteiger partial charge is 0.360 e. The molecule has 3 aromatic heterocycles. The fourth-order valence-corrected chi connectivity index (χ4v) is 6.19. The minimum absolute atomic E-state index is 0.0322. The summed E-state index contributed by atoms with van der Waals surface area (Å²) in [6.07, 6.45) is 2.64. The zero-order chi connectivity index (χ0) is 20.7. The standard InChI is InChI=1S/C17H20N4O3S5/c1-29(23,24)19-9-7-13-4-5-15(27-13)14(22)11-26-17-21-20-16(28-17)18-8-6-12-3-2-10-25-12/h2-5,10,19H,6-9,11H2,1H3,(H,18,20). The van der Waals surface area contributed by atoms with Gasteiger partial charge in [0.2, 0.25) is 15.2 Å². The zero-order valence-corrected chi connectivity index (χ0v) is 19.7. The van der Waals surface area contributed by atoms with Crippen LogP contribution >= 0.6 is 45.8 Å². The highest BCUT2D eigenvalue weighted by atomic mass is 32.2.